The molecule has 9 heteroatoms. The van der Waals surface area contributed by atoms with Gasteiger partial charge in [0.1, 0.15) is 17.0 Å². The van der Waals surface area contributed by atoms with Crippen LogP contribution in [0.1, 0.15) is 11.1 Å². The number of fused-ring (bicyclic) bond motifs is 1. The van der Waals surface area contributed by atoms with E-state index in [1.165, 1.54) is 6.07 Å². The number of halogens is 1. The highest BCUT2D eigenvalue weighted by Gasteiger charge is 2.18. The lowest BCUT2D eigenvalue weighted by molar-refractivity contribution is 0.603. The molecule has 4 aromatic rings. The molecule has 0 fully saturated rings. The lowest BCUT2D eigenvalue weighted by Gasteiger charge is -2.10. The highest BCUT2D eigenvalue weighted by molar-refractivity contribution is 7.28. The Bertz CT molecular complexity index is 1240. The van der Waals surface area contributed by atoms with Crippen LogP contribution in [0.25, 0.3) is 22.4 Å². The molecule has 0 aliphatic rings. The molecule has 4 rings (SSSR count). The van der Waals surface area contributed by atoms with E-state index in [1.54, 1.807) is 29.1 Å². The predicted octanol–water partition coefficient (Wildman–Crippen LogP) is 2.14. The molecular weight excluding hydrogens is 393 g/mol. The maximum atomic E-state index is 14.3. The molecule has 0 radical (unpaired) electrons. The summed E-state index contributed by atoms with van der Waals surface area (Å²) in [4.78, 5) is 13.1. The van der Waals surface area contributed by atoms with Gasteiger partial charge in [-0.2, -0.15) is 10.2 Å². The van der Waals surface area contributed by atoms with Crippen molar-refractivity contribution < 1.29 is 4.39 Å². The first kappa shape index (κ1) is 18.4. The molecule has 0 spiro atoms. The van der Waals surface area contributed by atoms with Crippen LogP contribution in [0.5, 0.6) is 0 Å². The first-order chi connectivity index (χ1) is 13.5. The van der Waals surface area contributed by atoms with Crippen molar-refractivity contribution in [2.24, 2.45) is 0 Å². The van der Waals surface area contributed by atoms with Crippen molar-refractivity contribution in [3.63, 3.8) is 0 Å². The van der Waals surface area contributed by atoms with Crippen molar-refractivity contribution in [3.05, 3.63) is 59.7 Å². The molecule has 2 heterocycles. The SMILES string of the molecule is N#Cc1cccc(-c2nc(N)nc3c2ncn3Cc2c(F)cccc2P)c1P. The summed E-state index contributed by atoms with van der Waals surface area (Å²) < 4.78 is 16.0. The third-order valence-corrected chi connectivity index (χ3v) is 5.61. The van der Waals surface area contributed by atoms with Gasteiger partial charge in [0.25, 0.3) is 0 Å². The topological polar surface area (TPSA) is 93.4 Å². The Hall–Kier alpha value is -2.93. The Morgan fingerprint density at radius 1 is 1.14 bits per heavy atom. The molecule has 2 aromatic carbocycles. The van der Waals surface area contributed by atoms with Gasteiger partial charge in [-0.1, -0.05) is 24.3 Å². The van der Waals surface area contributed by atoms with Crippen LogP contribution in [0.4, 0.5) is 10.3 Å². The lowest BCUT2D eigenvalue weighted by Crippen LogP contribution is -2.11. The number of nitriles is 1. The standard InChI is InChI=1S/C19H15FN6P2/c20-13-5-2-6-14(27)12(13)8-26-9-23-16-15(24-19(22)25-18(16)26)11-4-1-3-10(7-21)17(11)28/h1-6,9H,8,27-28H2,(H2,22,24,25). The first-order valence-electron chi connectivity index (χ1n) is 8.29. The summed E-state index contributed by atoms with van der Waals surface area (Å²) in [7, 11) is 5.11. The molecule has 0 aliphatic heterocycles. The van der Waals surface area contributed by atoms with Crippen LogP contribution < -0.4 is 16.3 Å². The zero-order valence-electron chi connectivity index (χ0n) is 14.6. The summed E-state index contributed by atoms with van der Waals surface area (Å²) in [5.41, 5.74) is 9.30. The Labute approximate surface area is 165 Å². The fraction of sp³-hybridized carbons (Fsp3) is 0.0526. The minimum absolute atomic E-state index is 0.0793. The second-order valence-corrected chi connectivity index (χ2v) is 7.36. The van der Waals surface area contributed by atoms with Crippen LogP contribution in [-0.2, 0) is 6.54 Å². The molecule has 2 aromatic heterocycles. The molecule has 0 saturated carbocycles. The predicted molar refractivity (Wildman–Crippen MR) is 114 cm³/mol. The number of anilines is 1. The van der Waals surface area contributed by atoms with Gasteiger partial charge in [0.05, 0.1) is 24.5 Å². The van der Waals surface area contributed by atoms with E-state index < -0.39 is 0 Å². The summed E-state index contributed by atoms with van der Waals surface area (Å²) in [5.74, 6) is -0.221. The molecule has 2 unspecified atom stereocenters. The third-order valence-electron chi connectivity index (χ3n) is 4.45. The quantitative estimate of drug-likeness (QED) is 0.525. The molecular formula is C19H15FN6P2. The molecule has 0 bridgehead atoms. The second-order valence-electron chi connectivity index (χ2n) is 6.16. The number of imidazole rings is 1. The number of nitrogens with zero attached hydrogens (tertiary/aromatic N) is 5. The number of rotatable bonds is 3. The van der Waals surface area contributed by atoms with Gasteiger partial charge in [-0.3, -0.25) is 0 Å². The summed E-state index contributed by atoms with van der Waals surface area (Å²) in [6, 6.07) is 12.4. The number of nitrogen functional groups attached to an aromatic ring is 1. The summed E-state index contributed by atoms with van der Waals surface area (Å²) in [5, 5.41) is 10.8. The molecule has 0 aliphatic carbocycles. The maximum Gasteiger partial charge on any atom is 0.222 e. The van der Waals surface area contributed by atoms with Crippen molar-refractivity contribution in [3.8, 4) is 17.3 Å². The van der Waals surface area contributed by atoms with Crippen LogP contribution in [0.3, 0.4) is 0 Å². The smallest absolute Gasteiger partial charge is 0.222 e. The molecule has 2 atom stereocenters. The zero-order chi connectivity index (χ0) is 19.8. The van der Waals surface area contributed by atoms with E-state index >= 15 is 0 Å². The number of hydrogen-bond acceptors (Lipinski definition) is 5. The van der Waals surface area contributed by atoms with Gasteiger partial charge in [-0.15, -0.1) is 18.5 Å². The Kier molecular flexibility index (Phi) is 4.77. The maximum absolute atomic E-state index is 14.3. The van der Waals surface area contributed by atoms with Crippen molar-refractivity contribution >= 4 is 46.2 Å². The zero-order valence-corrected chi connectivity index (χ0v) is 16.9. The van der Waals surface area contributed by atoms with Crippen molar-refractivity contribution in [2.75, 3.05) is 5.73 Å². The van der Waals surface area contributed by atoms with Gasteiger partial charge >= 0.3 is 0 Å². The second kappa shape index (κ2) is 7.24. The number of nitrogens with two attached hydrogens (primary N) is 1. The van der Waals surface area contributed by atoms with E-state index in [2.05, 4.69) is 39.5 Å². The number of hydrogen-bond donors (Lipinski definition) is 1. The molecule has 0 amide bonds. The fourth-order valence-electron chi connectivity index (χ4n) is 3.05. The van der Waals surface area contributed by atoms with Crippen molar-refractivity contribution in [1.29, 1.82) is 5.26 Å². The van der Waals surface area contributed by atoms with Gasteiger partial charge < -0.3 is 10.3 Å². The average molecular weight is 408 g/mol. The van der Waals surface area contributed by atoms with Gasteiger partial charge in [-0.25, -0.2) is 14.4 Å². The Balaban J connectivity index is 1.90. The molecule has 6 nitrogen and oxygen atoms in total. The van der Waals surface area contributed by atoms with Crippen molar-refractivity contribution in [1.82, 2.24) is 19.5 Å². The normalized spacial score (nSPS) is 10.9. The van der Waals surface area contributed by atoms with Crippen LogP contribution in [0.2, 0.25) is 0 Å². The average Bonchev–Trinajstić information content (AvgIpc) is 3.07. The van der Waals surface area contributed by atoms with E-state index in [-0.39, 0.29) is 18.3 Å². The third kappa shape index (κ3) is 3.11. The highest BCUT2D eigenvalue weighted by Crippen LogP contribution is 2.27. The van der Waals surface area contributed by atoms with Crippen LogP contribution in [0.15, 0.2) is 42.7 Å². The van der Waals surface area contributed by atoms with Gasteiger partial charge in [0.15, 0.2) is 5.65 Å². The largest absolute Gasteiger partial charge is 0.368 e. The fourth-order valence-corrected chi connectivity index (χ4v) is 3.78. The number of benzene rings is 2. The van der Waals surface area contributed by atoms with Gasteiger partial charge in [0, 0.05) is 11.1 Å². The van der Waals surface area contributed by atoms with Crippen molar-refractivity contribution in [2.45, 2.75) is 6.54 Å². The minimum Gasteiger partial charge on any atom is -0.368 e. The summed E-state index contributed by atoms with van der Waals surface area (Å²) in [6.07, 6.45) is 1.59. The van der Waals surface area contributed by atoms with Crippen LogP contribution in [-0.4, -0.2) is 19.5 Å². The summed E-state index contributed by atoms with van der Waals surface area (Å²) >= 11 is 0. The van der Waals surface area contributed by atoms with E-state index in [1.807, 2.05) is 12.1 Å². The Morgan fingerprint density at radius 3 is 2.68 bits per heavy atom. The summed E-state index contributed by atoms with van der Waals surface area (Å²) in [6.45, 7) is 0.254. The first-order valence-corrected chi connectivity index (χ1v) is 9.45. The van der Waals surface area contributed by atoms with Gasteiger partial charge in [0.2, 0.25) is 5.95 Å². The van der Waals surface area contributed by atoms with E-state index in [0.717, 1.165) is 10.9 Å². The molecule has 28 heavy (non-hydrogen) atoms. The van der Waals surface area contributed by atoms with Gasteiger partial charge in [-0.05, 0) is 22.7 Å². The van der Waals surface area contributed by atoms with Crippen LogP contribution >= 0.6 is 18.5 Å². The molecule has 138 valence electrons. The number of aromatic nitrogens is 4. The molecule has 2 N–H and O–H groups in total. The van der Waals surface area contributed by atoms with E-state index in [0.29, 0.717) is 33.3 Å². The van der Waals surface area contributed by atoms with E-state index in [9.17, 15) is 9.65 Å². The van der Waals surface area contributed by atoms with Crippen LogP contribution in [0, 0.1) is 17.1 Å². The Morgan fingerprint density at radius 2 is 1.93 bits per heavy atom. The molecule has 0 saturated heterocycles. The minimum atomic E-state index is -0.300. The highest BCUT2D eigenvalue weighted by atomic mass is 31.0. The lowest BCUT2D eigenvalue weighted by atomic mass is 10.1. The van der Waals surface area contributed by atoms with E-state index in [4.69, 9.17) is 5.73 Å². The monoisotopic (exact) mass is 408 g/mol.